The Bertz CT molecular complexity index is 284. The van der Waals surface area contributed by atoms with Crippen LogP contribution in [0.15, 0.2) is 24.3 Å². The summed E-state index contributed by atoms with van der Waals surface area (Å²) in [4.78, 5) is 0. The molecule has 0 atom stereocenters. The highest BCUT2D eigenvalue weighted by molar-refractivity contribution is 8.22. The largest absolute Gasteiger partial charge is 0.440 e. The van der Waals surface area contributed by atoms with Crippen LogP contribution in [-0.4, -0.2) is 10.1 Å². The minimum atomic E-state index is 0.546. The second-order valence-corrected chi connectivity index (χ2v) is 4.54. The average molecular weight is 233 g/mol. The van der Waals surface area contributed by atoms with E-state index in [0.717, 1.165) is 11.5 Å². The second-order valence-electron chi connectivity index (χ2n) is 2.24. The number of ether oxygens (including phenoxy) is 1. The number of rotatable bonds is 2. The van der Waals surface area contributed by atoms with E-state index in [0.29, 0.717) is 9.41 Å². The Morgan fingerprint density at radius 1 is 1.46 bits per heavy atom. The van der Waals surface area contributed by atoms with Crippen LogP contribution in [0.4, 0.5) is 0 Å². The van der Waals surface area contributed by atoms with Crippen LogP contribution < -0.4 is 4.74 Å². The van der Waals surface area contributed by atoms with Crippen molar-refractivity contribution in [1.29, 1.82) is 0 Å². The maximum atomic E-state index is 5.72. The molecule has 1 rings (SSSR count). The lowest BCUT2D eigenvalue weighted by Crippen LogP contribution is -1.99. The highest BCUT2D eigenvalue weighted by Crippen LogP contribution is 2.17. The quantitative estimate of drug-likeness (QED) is 0.719. The van der Waals surface area contributed by atoms with Crippen LogP contribution in [-0.2, 0) is 0 Å². The molecule has 0 saturated heterocycles. The van der Waals surface area contributed by atoms with Gasteiger partial charge in [0.1, 0.15) is 5.75 Å². The molecule has 0 aliphatic carbocycles. The molecule has 0 radical (unpaired) electrons. The Morgan fingerprint density at radius 3 is 2.62 bits per heavy atom. The van der Waals surface area contributed by atoms with E-state index < -0.39 is 0 Å². The van der Waals surface area contributed by atoms with Gasteiger partial charge in [-0.2, -0.15) is 0 Å². The summed E-state index contributed by atoms with van der Waals surface area (Å²) < 4.78 is 5.89. The van der Waals surface area contributed by atoms with Crippen LogP contribution in [0.5, 0.6) is 5.75 Å². The molecule has 0 unspecified atom stereocenters. The summed E-state index contributed by atoms with van der Waals surface area (Å²) >= 11 is 12.2. The number of hydrogen-bond acceptors (Lipinski definition) is 3. The topological polar surface area (TPSA) is 9.23 Å². The number of benzene rings is 1. The predicted octanol–water partition coefficient (Wildman–Crippen LogP) is 3.76. The Hall–Kier alpha value is -0.250. The van der Waals surface area contributed by atoms with Crippen LogP contribution in [0.1, 0.15) is 6.92 Å². The maximum Gasteiger partial charge on any atom is 0.225 e. The molecule has 70 valence electrons. The lowest BCUT2D eigenvalue weighted by Gasteiger charge is -2.04. The molecule has 13 heavy (non-hydrogen) atoms. The van der Waals surface area contributed by atoms with Crippen LogP contribution >= 0.6 is 35.6 Å². The Labute approximate surface area is 92.4 Å². The molecule has 0 bridgehead atoms. The fraction of sp³-hybridized carbons (Fsp3) is 0.222. The third-order valence-corrected chi connectivity index (χ3v) is 2.57. The summed E-state index contributed by atoms with van der Waals surface area (Å²) in [5, 5.41) is 0.696. The summed E-state index contributed by atoms with van der Waals surface area (Å²) in [6.07, 6.45) is 0. The van der Waals surface area contributed by atoms with Crippen molar-refractivity contribution in [3.05, 3.63) is 29.3 Å². The van der Waals surface area contributed by atoms with Crippen molar-refractivity contribution < 1.29 is 4.74 Å². The van der Waals surface area contributed by atoms with Gasteiger partial charge in [-0.1, -0.05) is 30.3 Å². The van der Waals surface area contributed by atoms with Gasteiger partial charge in [-0.15, -0.1) is 0 Å². The summed E-state index contributed by atoms with van der Waals surface area (Å²) in [5.41, 5.74) is 0. The van der Waals surface area contributed by atoms with E-state index in [1.807, 2.05) is 6.92 Å². The van der Waals surface area contributed by atoms with Crippen molar-refractivity contribution >= 4 is 40.0 Å². The van der Waals surface area contributed by atoms with E-state index in [1.165, 1.54) is 11.8 Å². The van der Waals surface area contributed by atoms with E-state index >= 15 is 0 Å². The molecule has 1 aromatic carbocycles. The minimum Gasteiger partial charge on any atom is -0.440 e. The molecule has 1 aromatic rings. The van der Waals surface area contributed by atoms with Gasteiger partial charge < -0.3 is 4.74 Å². The number of thioether (sulfide) groups is 1. The van der Waals surface area contributed by atoms with Crippen molar-refractivity contribution in [1.82, 2.24) is 0 Å². The van der Waals surface area contributed by atoms with E-state index in [1.54, 1.807) is 24.3 Å². The molecule has 0 N–H and O–H groups in total. The van der Waals surface area contributed by atoms with Gasteiger partial charge in [0.2, 0.25) is 4.38 Å². The zero-order valence-electron chi connectivity index (χ0n) is 7.12. The molecule has 0 aliphatic rings. The average Bonchev–Trinajstić information content (AvgIpc) is 2.09. The normalized spacial score (nSPS) is 9.69. The van der Waals surface area contributed by atoms with Gasteiger partial charge in [-0.25, -0.2) is 0 Å². The van der Waals surface area contributed by atoms with Gasteiger partial charge in [0.15, 0.2) is 0 Å². The van der Waals surface area contributed by atoms with E-state index in [4.69, 9.17) is 28.6 Å². The highest BCUT2D eigenvalue weighted by atomic mass is 35.5. The summed E-state index contributed by atoms with van der Waals surface area (Å²) in [6, 6.07) is 7.14. The van der Waals surface area contributed by atoms with Crippen molar-refractivity contribution in [2.45, 2.75) is 6.92 Å². The molecule has 0 saturated carbocycles. The molecule has 0 heterocycles. The van der Waals surface area contributed by atoms with Crippen LogP contribution in [0.2, 0.25) is 5.02 Å². The van der Waals surface area contributed by atoms with Crippen molar-refractivity contribution in [3.8, 4) is 5.75 Å². The molecule has 0 aliphatic heterocycles. The smallest absolute Gasteiger partial charge is 0.225 e. The fourth-order valence-corrected chi connectivity index (χ4v) is 1.71. The standard InChI is InChI=1S/C9H9ClOS2/c1-2-13-9(12)11-8-5-3-7(10)4-6-8/h3-6H,2H2,1H3. The zero-order valence-corrected chi connectivity index (χ0v) is 9.51. The van der Waals surface area contributed by atoms with Crippen molar-refractivity contribution in [3.63, 3.8) is 0 Å². The molecule has 0 spiro atoms. The second kappa shape index (κ2) is 5.47. The van der Waals surface area contributed by atoms with E-state index in [2.05, 4.69) is 0 Å². The van der Waals surface area contributed by atoms with Crippen molar-refractivity contribution in [2.75, 3.05) is 5.75 Å². The first-order chi connectivity index (χ1) is 6.22. The van der Waals surface area contributed by atoms with Crippen molar-refractivity contribution in [2.24, 2.45) is 0 Å². The Balaban J connectivity index is 2.54. The summed E-state index contributed by atoms with van der Waals surface area (Å²) in [7, 11) is 0. The highest BCUT2D eigenvalue weighted by Gasteiger charge is 1.98. The zero-order chi connectivity index (χ0) is 9.68. The van der Waals surface area contributed by atoms with Crippen LogP contribution in [0, 0.1) is 0 Å². The minimum absolute atomic E-state index is 0.546. The molecule has 0 fully saturated rings. The van der Waals surface area contributed by atoms with Gasteiger partial charge in [0.05, 0.1) is 0 Å². The first-order valence-corrected chi connectivity index (χ1v) is 5.59. The lowest BCUT2D eigenvalue weighted by atomic mass is 10.3. The molecular formula is C9H9ClOS2. The first-order valence-electron chi connectivity index (χ1n) is 3.82. The monoisotopic (exact) mass is 232 g/mol. The van der Waals surface area contributed by atoms with Gasteiger partial charge in [0, 0.05) is 5.02 Å². The molecule has 1 nitrogen and oxygen atoms in total. The van der Waals surface area contributed by atoms with E-state index in [9.17, 15) is 0 Å². The van der Waals surface area contributed by atoms with Crippen LogP contribution in [0.25, 0.3) is 0 Å². The van der Waals surface area contributed by atoms with Gasteiger partial charge in [-0.3, -0.25) is 0 Å². The SMILES string of the molecule is CCSC(=S)Oc1ccc(Cl)cc1. The first kappa shape index (κ1) is 10.8. The summed E-state index contributed by atoms with van der Waals surface area (Å²) in [5.74, 6) is 1.65. The third-order valence-electron chi connectivity index (χ3n) is 1.28. The third kappa shape index (κ3) is 3.98. The molecule has 0 amide bonds. The predicted molar refractivity (Wildman–Crippen MR) is 62.8 cm³/mol. The molecular weight excluding hydrogens is 224 g/mol. The Morgan fingerprint density at radius 2 is 2.08 bits per heavy atom. The van der Waals surface area contributed by atoms with Gasteiger partial charge >= 0.3 is 0 Å². The molecule has 0 aromatic heterocycles. The Kier molecular flexibility index (Phi) is 4.56. The van der Waals surface area contributed by atoms with Gasteiger partial charge in [0.25, 0.3) is 0 Å². The number of thiocarbonyl (C=S) groups is 1. The molecule has 4 heteroatoms. The van der Waals surface area contributed by atoms with Crippen LogP contribution in [0.3, 0.4) is 0 Å². The lowest BCUT2D eigenvalue weighted by molar-refractivity contribution is 0.579. The van der Waals surface area contributed by atoms with Gasteiger partial charge in [-0.05, 0) is 42.2 Å². The van der Waals surface area contributed by atoms with E-state index in [-0.39, 0.29) is 0 Å². The number of hydrogen-bond donors (Lipinski definition) is 0. The fourth-order valence-electron chi connectivity index (χ4n) is 0.746. The maximum absolute atomic E-state index is 5.72. The summed E-state index contributed by atoms with van der Waals surface area (Å²) in [6.45, 7) is 2.03. The number of halogens is 1.